The fourth-order valence-electron chi connectivity index (χ4n) is 3.42. The summed E-state index contributed by atoms with van der Waals surface area (Å²) in [6.45, 7) is 3.96. The zero-order valence-corrected chi connectivity index (χ0v) is 17.9. The minimum Gasteiger partial charge on any atom is -0.350 e. The first-order valence-corrected chi connectivity index (χ1v) is 11.4. The highest BCUT2D eigenvalue weighted by Crippen LogP contribution is 2.25. The molecule has 1 aliphatic heterocycles. The van der Waals surface area contributed by atoms with Gasteiger partial charge in [0.2, 0.25) is 0 Å². The number of aromatic nitrogens is 2. The number of aryl methyl sites for hydroxylation is 1. The van der Waals surface area contributed by atoms with Gasteiger partial charge in [0.15, 0.2) is 11.6 Å². The van der Waals surface area contributed by atoms with Gasteiger partial charge in [0.1, 0.15) is 0 Å². The number of amides is 1. The lowest BCUT2D eigenvalue weighted by Gasteiger charge is -2.35. The molecule has 0 aliphatic carbocycles. The molecule has 1 aromatic heterocycles. The molecule has 0 unspecified atom stereocenters. The van der Waals surface area contributed by atoms with Gasteiger partial charge in [-0.15, -0.1) is 0 Å². The van der Waals surface area contributed by atoms with Gasteiger partial charge in [-0.1, -0.05) is 35.9 Å². The second-order valence-corrected chi connectivity index (χ2v) is 8.97. The summed E-state index contributed by atoms with van der Waals surface area (Å²) < 4.78 is 28.1. The van der Waals surface area contributed by atoms with Crippen LogP contribution in [0, 0.1) is 6.92 Å². The summed E-state index contributed by atoms with van der Waals surface area (Å²) in [4.78, 5) is 25.1. The monoisotopic (exact) mass is 437 g/mol. The molecule has 31 heavy (non-hydrogen) atoms. The van der Waals surface area contributed by atoms with Crippen LogP contribution >= 0.6 is 0 Å². The van der Waals surface area contributed by atoms with Crippen molar-refractivity contribution >= 4 is 27.6 Å². The molecule has 1 N–H and O–H groups in total. The van der Waals surface area contributed by atoms with E-state index in [0.29, 0.717) is 37.6 Å². The Morgan fingerprint density at radius 3 is 2.23 bits per heavy atom. The molecule has 0 atom stereocenters. The van der Waals surface area contributed by atoms with E-state index in [-0.39, 0.29) is 16.6 Å². The lowest BCUT2D eigenvalue weighted by atomic mass is 10.2. The van der Waals surface area contributed by atoms with Crippen LogP contribution in [0.1, 0.15) is 15.9 Å². The molecule has 1 aliphatic rings. The van der Waals surface area contributed by atoms with Gasteiger partial charge in [0.25, 0.3) is 15.9 Å². The van der Waals surface area contributed by atoms with E-state index in [1.165, 1.54) is 12.4 Å². The number of piperazine rings is 1. The van der Waals surface area contributed by atoms with Gasteiger partial charge in [-0.05, 0) is 31.2 Å². The summed E-state index contributed by atoms with van der Waals surface area (Å²) in [6, 6.07) is 15.8. The van der Waals surface area contributed by atoms with Crippen LogP contribution in [0.5, 0.6) is 0 Å². The summed E-state index contributed by atoms with van der Waals surface area (Å²) in [5, 5.41) is 0. The van der Waals surface area contributed by atoms with Crippen molar-refractivity contribution in [2.45, 2.75) is 11.8 Å². The van der Waals surface area contributed by atoms with Crippen molar-refractivity contribution in [2.75, 3.05) is 35.8 Å². The fraction of sp³-hybridized carbons (Fsp3) is 0.227. The number of hydrogen-bond donors (Lipinski definition) is 1. The number of carbonyl (C=O) groups excluding carboxylic acids is 1. The minimum atomic E-state index is -3.80. The van der Waals surface area contributed by atoms with Gasteiger partial charge in [0, 0.05) is 44.1 Å². The van der Waals surface area contributed by atoms with Crippen LogP contribution < -0.4 is 9.62 Å². The maximum atomic E-state index is 12.8. The van der Waals surface area contributed by atoms with Crippen LogP contribution in [0.4, 0.5) is 11.6 Å². The Morgan fingerprint density at radius 2 is 1.55 bits per heavy atom. The van der Waals surface area contributed by atoms with E-state index in [0.717, 1.165) is 5.56 Å². The van der Waals surface area contributed by atoms with E-state index < -0.39 is 10.0 Å². The molecule has 9 heteroatoms. The topological polar surface area (TPSA) is 95.5 Å². The van der Waals surface area contributed by atoms with E-state index in [1.54, 1.807) is 41.3 Å². The molecule has 4 rings (SSSR count). The SMILES string of the molecule is Cc1ccc(S(=O)(=O)Nc2nccnc2N2CCN(C(=O)c3ccccc3)CC2)cc1. The minimum absolute atomic E-state index is 0.0142. The van der Waals surface area contributed by atoms with Crippen LogP contribution in [-0.4, -0.2) is 55.4 Å². The van der Waals surface area contributed by atoms with E-state index >= 15 is 0 Å². The molecular formula is C22H23N5O3S. The Hall–Kier alpha value is -3.46. The van der Waals surface area contributed by atoms with Gasteiger partial charge < -0.3 is 9.80 Å². The predicted octanol–water partition coefficient (Wildman–Crippen LogP) is 2.55. The summed E-state index contributed by atoms with van der Waals surface area (Å²) in [5.74, 6) is 0.607. The van der Waals surface area contributed by atoms with Crippen LogP contribution in [0.3, 0.4) is 0 Å². The highest BCUT2D eigenvalue weighted by atomic mass is 32.2. The second-order valence-electron chi connectivity index (χ2n) is 7.29. The number of nitrogens with one attached hydrogen (secondary N) is 1. The number of rotatable bonds is 5. The zero-order chi connectivity index (χ0) is 21.8. The van der Waals surface area contributed by atoms with Gasteiger partial charge >= 0.3 is 0 Å². The highest BCUT2D eigenvalue weighted by Gasteiger charge is 2.26. The van der Waals surface area contributed by atoms with Crippen molar-refractivity contribution in [3.63, 3.8) is 0 Å². The molecule has 0 bridgehead atoms. The molecule has 2 heterocycles. The third-order valence-corrected chi connectivity index (χ3v) is 6.48. The van der Waals surface area contributed by atoms with Crippen molar-refractivity contribution in [1.82, 2.24) is 14.9 Å². The molecule has 1 amide bonds. The van der Waals surface area contributed by atoms with E-state index in [2.05, 4.69) is 14.7 Å². The Labute approximate surface area is 181 Å². The maximum absolute atomic E-state index is 12.8. The number of anilines is 2. The standard InChI is InChI=1S/C22H23N5O3S/c1-17-7-9-19(10-8-17)31(29,30)25-20-21(24-12-11-23-20)26-13-15-27(16-14-26)22(28)18-5-3-2-4-6-18/h2-12H,13-16H2,1H3,(H,23,25). The van der Waals surface area contributed by atoms with Crippen molar-refractivity contribution in [3.8, 4) is 0 Å². The third kappa shape index (κ3) is 4.66. The Balaban J connectivity index is 1.48. The molecule has 0 radical (unpaired) electrons. The molecular weight excluding hydrogens is 414 g/mol. The Morgan fingerprint density at radius 1 is 0.903 bits per heavy atom. The Bertz CT molecular complexity index is 1160. The van der Waals surface area contributed by atoms with Gasteiger partial charge in [-0.3, -0.25) is 9.52 Å². The van der Waals surface area contributed by atoms with Crippen molar-refractivity contribution in [1.29, 1.82) is 0 Å². The average molecular weight is 438 g/mol. The summed E-state index contributed by atoms with van der Waals surface area (Å²) in [6.07, 6.45) is 2.98. The summed E-state index contributed by atoms with van der Waals surface area (Å²) in [7, 11) is -3.80. The summed E-state index contributed by atoms with van der Waals surface area (Å²) in [5.41, 5.74) is 1.63. The molecule has 1 saturated heterocycles. The number of carbonyl (C=O) groups is 1. The van der Waals surface area contributed by atoms with Crippen LogP contribution in [0.15, 0.2) is 71.9 Å². The lowest BCUT2D eigenvalue weighted by Crippen LogP contribution is -2.49. The van der Waals surface area contributed by atoms with E-state index in [4.69, 9.17) is 0 Å². The molecule has 160 valence electrons. The third-order valence-electron chi connectivity index (χ3n) is 5.13. The van der Waals surface area contributed by atoms with Crippen LogP contribution in [-0.2, 0) is 10.0 Å². The molecule has 2 aromatic carbocycles. The number of sulfonamides is 1. The van der Waals surface area contributed by atoms with Gasteiger partial charge in [-0.25, -0.2) is 18.4 Å². The molecule has 0 saturated carbocycles. The number of hydrogen-bond acceptors (Lipinski definition) is 6. The molecule has 0 spiro atoms. The first-order chi connectivity index (χ1) is 14.9. The zero-order valence-electron chi connectivity index (χ0n) is 17.1. The molecule has 8 nitrogen and oxygen atoms in total. The smallest absolute Gasteiger partial charge is 0.263 e. The average Bonchev–Trinajstić information content (AvgIpc) is 2.80. The Kier molecular flexibility index (Phi) is 5.85. The number of benzene rings is 2. The van der Waals surface area contributed by atoms with Crippen LogP contribution in [0.2, 0.25) is 0 Å². The number of nitrogens with zero attached hydrogens (tertiary/aromatic N) is 4. The van der Waals surface area contributed by atoms with Crippen molar-refractivity contribution in [3.05, 3.63) is 78.1 Å². The summed E-state index contributed by atoms with van der Waals surface area (Å²) >= 11 is 0. The lowest BCUT2D eigenvalue weighted by molar-refractivity contribution is 0.0746. The second kappa shape index (κ2) is 8.73. The maximum Gasteiger partial charge on any atom is 0.263 e. The van der Waals surface area contributed by atoms with Gasteiger partial charge in [-0.2, -0.15) is 0 Å². The van der Waals surface area contributed by atoms with Gasteiger partial charge in [0.05, 0.1) is 4.90 Å². The molecule has 1 fully saturated rings. The van der Waals surface area contributed by atoms with E-state index in [1.807, 2.05) is 30.0 Å². The van der Waals surface area contributed by atoms with E-state index in [9.17, 15) is 13.2 Å². The first-order valence-electron chi connectivity index (χ1n) is 9.94. The predicted molar refractivity (Wildman–Crippen MR) is 119 cm³/mol. The van der Waals surface area contributed by atoms with Crippen molar-refractivity contribution < 1.29 is 13.2 Å². The highest BCUT2D eigenvalue weighted by molar-refractivity contribution is 7.92. The first kappa shape index (κ1) is 20.8. The largest absolute Gasteiger partial charge is 0.350 e. The molecule has 3 aromatic rings. The van der Waals surface area contributed by atoms with Crippen molar-refractivity contribution in [2.24, 2.45) is 0 Å². The quantitative estimate of drug-likeness (QED) is 0.659. The van der Waals surface area contributed by atoms with Crippen LogP contribution in [0.25, 0.3) is 0 Å². The normalized spacial score (nSPS) is 14.4. The fourth-order valence-corrected chi connectivity index (χ4v) is 4.43.